The van der Waals surface area contributed by atoms with E-state index in [0.29, 0.717) is 5.92 Å². The zero-order valence-electron chi connectivity index (χ0n) is 24.0. The van der Waals surface area contributed by atoms with Gasteiger partial charge in [0.05, 0.1) is 0 Å². The van der Waals surface area contributed by atoms with Crippen LogP contribution in [-0.4, -0.2) is 53.4 Å². The van der Waals surface area contributed by atoms with E-state index >= 15 is 0 Å². The van der Waals surface area contributed by atoms with E-state index < -0.39 is 0 Å². The molecule has 1 saturated carbocycles. The Hall–Kier alpha value is -2.24. The van der Waals surface area contributed by atoms with Crippen LogP contribution in [0.4, 0.5) is 0 Å². The maximum absolute atomic E-state index is 12.8. The molecular formula is C34H50N4O. The number of hydrogen-bond acceptors (Lipinski definition) is 4. The lowest BCUT2D eigenvalue weighted by Crippen LogP contribution is -2.34. The van der Waals surface area contributed by atoms with Gasteiger partial charge in [-0.1, -0.05) is 50.7 Å². The number of aromatic nitrogens is 1. The summed E-state index contributed by atoms with van der Waals surface area (Å²) in [6.45, 7) is 7.75. The Kier molecular flexibility index (Phi) is 10.8. The van der Waals surface area contributed by atoms with Gasteiger partial charge in [0.15, 0.2) is 0 Å². The summed E-state index contributed by atoms with van der Waals surface area (Å²) in [4.78, 5) is 22.1. The lowest BCUT2D eigenvalue weighted by Gasteiger charge is -2.33. The third-order valence-corrected chi connectivity index (χ3v) is 9.67. The Bertz CT molecular complexity index is 989. The zero-order chi connectivity index (χ0) is 26.7. The molecule has 3 fully saturated rings. The van der Waals surface area contributed by atoms with Crippen LogP contribution < -0.4 is 5.32 Å². The molecule has 2 aliphatic heterocycles. The smallest absolute Gasteiger partial charge is 0.251 e. The molecule has 1 aliphatic carbocycles. The van der Waals surface area contributed by atoms with E-state index in [1.54, 1.807) is 0 Å². The third kappa shape index (κ3) is 9.14. The topological polar surface area (TPSA) is 48.5 Å². The van der Waals surface area contributed by atoms with Crippen molar-refractivity contribution in [3.8, 4) is 0 Å². The molecule has 2 aromatic rings. The first-order valence-electron chi connectivity index (χ1n) is 15.9. The molecule has 3 aliphatic rings. The zero-order valence-corrected chi connectivity index (χ0v) is 24.0. The van der Waals surface area contributed by atoms with Crippen molar-refractivity contribution < 1.29 is 4.79 Å². The standard InChI is InChI=1S/C34H50N4O/c39-34(36-25-30-6-2-1-3-7-30)33-11-5-10-32(24-33)27-38-22-16-29(17-23-38)9-4-8-28-14-20-37(21-15-28)26-31-12-18-35-19-13-31/h5,10-13,18-19,24,28-30H,1-4,6-9,14-17,20-23,25-27H2,(H,36,39). The maximum Gasteiger partial charge on any atom is 0.251 e. The van der Waals surface area contributed by atoms with Gasteiger partial charge in [0, 0.05) is 37.6 Å². The predicted molar refractivity (Wildman–Crippen MR) is 159 cm³/mol. The van der Waals surface area contributed by atoms with E-state index in [9.17, 15) is 4.79 Å². The lowest BCUT2D eigenvalue weighted by atomic mass is 9.86. The molecule has 212 valence electrons. The van der Waals surface area contributed by atoms with E-state index in [0.717, 1.165) is 37.0 Å². The van der Waals surface area contributed by atoms with Crippen molar-refractivity contribution in [2.45, 2.75) is 90.1 Å². The highest BCUT2D eigenvalue weighted by atomic mass is 16.1. The van der Waals surface area contributed by atoms with Gasteiger partial charge < -0.3 is 5.32 Å². The Morgan fingerprint density at radius 2 is 1.36 bits per heavy atom. The minimum Gasteiger partial charge on any atom is -0.352 e. The molecule has 5 heteroatoms. The van der Waals surface area contributed by atoms with Gasteiger partial charge in [0.25, 0.3) is 5.91 Å². The van der Waals surface area contributed by atoms with E-state index in [1.807, 2.05) is 18.5 Å². The summed E-state index contributed by atoms with van der Waals surface area (Å²) in [6.07, 6.45) is 19.9. The number of benzene rings is 1. The average molecular weight is 531 g/mol. The maximum atomic E-state index is 12.8. The molecule has 3 heterocycles. The number of likely N-dealkylation sites (tertiary alicyclic amines) is 2. The minimum atomic E-state index is 0.0977. The van der Waals surface area contributed by atoms with Gasteiger partial charge in [0.1, 0.15) is 0 Å². The van der Waals surface area contributed by atoms with E-state index in [-0.39, 0.29) is 5.91 Å². The van der Waals surface area contributed by atoms with Crippen LogP contribution in [0.15, 0.2) is 48.8 Å². The fourth-order valence-electron chi connectivity index (χ4n) is 7.11. The number of nitrogens with zero attached hydrogens (tertiary/aromatic N) is 3. The predicted octanol–water partition coefficient (Wildman–Crippen LogP) is 6.69. The minimum absolute atomic E-state index is 0.0977. The molecule has 0 spiro atoms. The summed E-state index contributed by atoms with van der Waals surface area (Å²) >= 11 is 0. The van der Waals surface area contributed by atoms with Gasteiger partial charge in [-0.05, 0) is 118 Å². The quantitative estimate of drug-likeness (QED) is 0.352. The van der Waals surface area contributed by atoms with Crippen molar-refractivity contribution >= 4 is 5.91 Å². The largest absolute Gasteiger partial charge is 0.352 e. The van der Waals surface area contributed by atoms with Crippen LogP contribution in [0.3, 0.4) is 0 Å². The van der Waals surface area contributed by atoms with Crippen molar-refractivity contribution in [1.29, 1.82) is 0 Å². The van der Waals surface area contributed by atoms with E-state index in [2.05, 4.69) is 50.4 Å². The number of carbonyl (C=O) groups is 1. The molecule has 0 radical (unpaired) electrons. The molecule has 0 bridgehead atoms. The van der Waals surface area contributed by atoms with Gasteiger partial charge in [-0.2, -0.15) is 0 Å². The Balaban J connectivity index is 0.951. The first-order valence-corrected chi connectivity index (χ1v) is 15.9. The Morgan fingerprint density at radius 1 is 0.744 bits per heavy atom. The van der Waals surface area contributed by atoms with Crippen molar-refractivity contribution in [3.05, 3.63) is 65.5 Å². The second-order valence-electron chi connectivity index (χ2n) is 12.6. The first kappa shape index (κ1) is 28.3. The van der Waals surface area contributed by atoms with Gasteiger partial charge in [-0.25, -0.2) is 0 Å². The molecule has 5 nitrogen and oxygen atoms in total. The summed E-state index contributed by atoms with van der Waals surface area (Å²) < 4.78 is 0. The fraction of sp³-hybridized carbons (Fsp3) is 0.647. The normalized spacial score (nSPS) is 20.7. The highest BCUT2D eigenvalue weighted by molar-refractivity contribution is 5.94. The number of carbonyl (C=O) groups excluding carboxylic acids is 1. The second-order valence-corrected chi connectivity index (χ2v) is 12.6. The molecule has 0 unspecified atom stereocenters. The summed E-state index contributed by atoms with van der Waals surface area (Å²) in [5, 5.41) is 3.20. The molecule has 2 saturated heterocycles. The molecule has 5 rings (SSSR count). The van der Waals surface area contributed by atoms with Crippen LogP contribution in [0.1, 0.15) is 98.5 Å². The van der Waals surface area contributed by atoms with Crippen LogP contribution in [0, 0.1) is 17.8 Å². The SMILES string of the molecule is O=C(NCC1CCCCC1)c1cccc(CN2CCC(CCCC3CCN(Cc4ccncc4)CC3)CC2)c1. The summed E-state index contributed by atoms with van der Waals surface area (Å²) in [5.74, 6) is 2.58. The van der Waals surface area contributed by atoms with Crippen LogP contribution >= 0.6 is 0 Å². The van der Waals surface area contributed by atoms with Crippen molar-refractivity contribution in [1.82, 2.24) is 20.1 Å². The van der Waals surface area contributed by atoms with Gasteiger partial charge in [-0.3, -0.25) is 19.6 Å². The van der Waals surface area contributed by atoms with Gasteiger partial charge in [0.2, 0.25) is 0 Å². The summed E-state index contributed by atoms with van der Waals surface area (Å²) in [7, 11) is 0. The van der Waals surface area contributed by atoms with Gasteiger partial charge in [-0.15, -0.1) is 0 Å². The van der Waals surface area contributed by atoms with E-state index in [1.165, 1.54) is 114 Å². The second kappa shape index (κ2) is 14.9. The fourth-order valence-corrected chi connectivity index (χ4v) is 7.11. The van der Waals surface area contributed by atoms with Crippen LogP contribution in [-0.2, 0) is 13.1 Å². The number of rotatable bonds is 11. The third-order valence-electron chi connectivity index (χ3n) is 9.67. The van der Waals surface area contributed by atoms with Crippen molar-refractivity contribution in [2.24, 2.45) is 17.8 Å². The number of hydrogen-bond donors (Lipinski definition) is 1. The molecule has 1 aromatic heterocycles. The molecule has 1 aromatic carbocycles. The average Bonchev–Trinajstić information content (AvgIpc) is 2.99. The Labute approximate surface area is 236 Å². The summed E-state index contributed by atoms with van der Waals surface area (Å²) in [6, 6.07) is 12.6. The number of amides is 1. The lowest BCUT2D eigenvalue weighted by molar-refractivity contribution is 0.0943. The highest BCUT2D eigenvalue weighted by Crippen LogP contribution is 2.28. The molecule has 0 atom stereocenters. The van der Waals surface area contributed by atoms with Crippen LogP contribution in [0.5, 0.6) is 0 Å². The van der Waals surface area contributed by atoms with Crippen molar-refractivity contribution in [3.63, 3.8) is 0 Å². The highest BCUT2D eigenvalue weighted by Gasteiger charge is 2.22. The number of pyridine rings is 1. The van der Waals surface area contributed by atoms with Crippen LogP contribution in [0.2, 0.25) is 0 Å². The number of piperidine rings is 2. The molecule has 1 amide bonds. The molecule has 39 heavy (non-hydrogen) atoms. The van der Waals surface area contributed by atoms with Crippen LogP contribution in [0.25, 0.3) is 0 Å². The van der Waals surface area contributed by atoms with E-state index in [4.69, 9.17) is 0 Å². The molecular weight excluding hydrogens is 480 g/mol. The number of nitrogens with one attached hydrogen (secondary N) is 1. The molecule has 1 N–H and O–H groups in total. The van der Waals surface area contributed by atoms with Gasteiger partial charge >= 0.3 is 0 Å². The Morgan fingerprint density at radius 3 is 2.00 bits per heavy atom. The summed E-state index contributed by atoms with van der Waals surface area (Å²) in [5.41, 5.74) is 3.48. The van der Waals surface area contributed by atoms with Crippen molar-refractivity contribution in [2.75, 3.05) is 32.7 Å². The first-order chi connectivity index (χ1) is 19.2. The monoisotopic (exact) mass is 530 g/mol.